The predicted octanol–water partition coefficient (Wildman–Crippen LogP) is 1.69. The van der Waals surface area contributed by atoms with Crippen LogP contribution in [0.25, 0.3) is 0 Å². The Hall–Kier alpha value is -1.22. The van der Waals surface area contributed by atoms with Crippen molar-refractivity contribution in [2.45, 2.75) is 20.0 Å². The lowest BCUT2D eigenvalue weighted by Gasteiger charge is -2.05. The van der Waals surface area contributed by atoms with Crippen LogP contribution in [0.15, 0.2) is 24.4 Å². The fourth-order valence-corrected chi connectivity index (χ4v) is 0.844. The molecule has 0 bridgehead atoms. The third kappa shape index (κ3) is 3.34. The Morgan fingerprint density at radius 3 is 2.85 bits per heavy atom. The summed E-state index contributed by atoms with van der Waals surface area (Å²) >= 11 is 0. The van der Waals surface area contributed by atoms with Gasteiger partial charge in [-0.25, -0.2) is 0 Å². The number of ketones is 1. The fourth-order valence-electron chi connectivity index (χ4n) is 0.844. The standard InChI is InChI=1S/C10H13NO2/c1-8(2)13-7-10(12)9-5-3-4-6-11-9/h3-6,8H,7H2,1-2H3. The van der Waals surface area contributed by atoms with Gasteiger partial charge in [-0.1, -0.05) is 6.07 Å². The van der Waals surface area contributed by atoms with Gasteiger partial charge in [-0.05, 0) is 26.0 Å². The molecule has 0 saturated carbocycles. The molecule has 0 saturated heterocycles. The quantitative estimate of drug-likeness (QED) is 0.660. The maximum absolute atomic E-state index is 11.4. The summed E-state index contributed by atoms with van der Waals surface area (Å²) in [4.78, 5) is 15.3. The van der Waals surface area contributed by atoms with Gasteiger partial charge in [0.05, 0.1) is 6.10 Å². The summed E-state index contributed by atoms with van der Waals surface area (Å²) < 4.78 is 5.17. The van der Waals surface area contributed by atoms with Crippen molar-refractivity contribution < 1.29 is 9.53 Å². The van der Waals surface area contributed by atoms with Crippen LogP contribution >= 0.6 is 0 Å². The first kappa shape index (κ1) is 9.86. The molecule has 3 heteroatoms. The molecule has 1 aromatic heterocycles. The highest BCUT2D eigenvalue weighted by Gasteiger charge is 2.06. The first-order valence-corrected chi connectivity index (χ1v) is 4.26. The molecule has 0 aliphatic carbocycles. The molecular formula is C10H13NO2. The van der Waals surface area contributed by atoms with E-state index in [9.17, 15) is 4.79 Å². The van der Waals surface area contributed by atoms with E-state index >= 15 is 0 Å². The van der Waals surface area contributed by atoms with Gasteiger partial charge in [0, 0.05) is 6.20 Å². The van der Waals surface area contributed by atoms with E-state index < -0.39 is 0 Å². The fraction of sp³-hybridized carbons (Fsp3) is 0.400. The number of carbonyl (C=O) groups excluding carboxylic acids is 1. The zero-order valence-corrected chi connectivity index (χ0v) is 7.86. The third-order valence-electron chi connectivity index (χ3n) is 1.50. The minimum atomic E-state index is -0.0747. The van der Waals surface area contributed by atoms with Crippen molar-refractivity contribution in [3.05, 3.63) is 30.1 Å². The average Bonchev–Trinajstić information content (AvgIpc) is 2.15. The highest BCUT2D eigenvalue weighted by molar-refractivity contribution is 5.95. The topological polar surface area (TPSA) is 39.2 Å². The third-order valence-corrected chi connectivity index (χ3v) is 1.50. The molecule has 0 aliphatic heterocycles. The molecule has 0 fully saturated rings. The van der Waals surface area contributed by atoms with Crippen LogP contribution in [0.2, 0.25) is 0 Å². The number of hydrogen-bond acceptors (Lipinski definition) is 3. The van der Waals surface area contributed by atoms with Gasteiger partial charge >= 0.3 is 0 Å². The van der Waals surface area contributed by atoms with Crippen LogP contribution in [0, 0.1) is 0 Å². The Kier molecular flexibility index (Phi) is 3.58. The lowest BCUT2D eigenvalue weighted by Crippen LogP contribution is -2.14. The average molecular weight is 179 g/mol. The number of aromatic nitrogens is 1. The summed E-state index contributed by atoms with van der Waals surface area (Å²) in [6.45, 7) is 3.89. The summed E-state index contributed by atoms with van der Waals surface area (Å²) in [5.74, 6) is -0.0747. The zero-order valence-electron chi connectivity index (χ0n) is 7.86. The van der Waals surface area contributed by atoms with E-state index in [1.54, 1.807) is 24.4 Å². The Balaban J connectivity index is 2.50. The van der Waals surface area contributed by atoms with Crippen LogP contribution < -0.4 is 0 Å². The molecule has 0 atom stereocenters. The number of carbonyl (C=O) groups is 1. The minimum absolute atomic E-state index is 0.0747. The summed E-state index contributed by atoms with van der Waals surface area (Å²) in [5, 5.41) is 0. The highest BCUT2D eigenvalue weighted by atomic mass is 16.5. The molecule has 1 heterocycles. The van der Waals surface area contributed by atoms with Gasteiger partial charge < -0.3 is 4.74 Å². The number of rotatable bonds is 4. The van der Waals surface area contributed by atoms with Crippen molar-refractivity contribution >= 4 is 5.78 Å². The molecule has 0 unspecified atom stereocenters. The maximum atomic E-state index is 11.4. The second kappa shape index (κ2) is 4.72. The van der Waals surface area contributed by atoms with E-state index in [0.29, 0.717) is 5.69 Å². The molecular weight excluding hydrogens is 166 g/mol. The van der Waals surface area contributed by atoms with Crippen molar-refractivity contribution in [1.82, 2.24) is 4.98 Å². The van der Waals surface area contributed by atoms with Crippen molar-refractivity contribution in [2.75, 3.05) is 6.61 Å². The SMILES string of the molecule is CC(C)OCC(=O)c1ccccn1. The Morgan fingerprint density at radius 2 is 2.31 bits per heavy atom. The van der Waals surface area contributed by atoms with Gasteiger partial charge in [0.25, 0.3) is 0 Å². The molecule has 0 radical (unpaired) electrons. The Morgan fingerprint density at radius 1 is 1.54 bits per heavy atom. The molecule has 0 aliphatic rings. The van der Waals surface area contributed by atoms with Gasteiger partial charge in [0.2, 0.25) is 5.78 Å². The molecule has 0 amide bonds. The molecule has 13 heavy (non-hydrogen) atoms. The van der Waals surface area contributed by atoms with E-state index in [1.807, 2.05) is 13.8 Å². The monoisotopic (exact) mass is 179 g/mol. The zero-order chi connectivity index (χ0) is 9.68. The van der Waals surface area contributed by atoms with E-state index in [-0.39, 0.29) is 18.5 Å². The van der Waals surface area contributed by atoms with Gasteiger partial charge in [0.1, 0.15) is 12.3 Å². The smallest absolute Gasteiger partial charge is 0.206 e. The van der Waals surface area contributed by atoms with Crippen LogP contribution in [0.1, 0.15) is 24.3 Å². The highest BCUT2D eigenvalue weighted by Crippen LogP contribution is 1.97. The predicted molar refractivity (Wildman–Crippen MR) is 49.7 cm³/mol. The first-order valence-electron chi connectivity index (χ1n) is 4.26. The molecule has 0 aromatic carbocycles. The number of Topliss-reactive ketones (excluding diaryl/α,β-unsaturated/α-hetero) is 1. The second-order valence-corrected chi connectivity index (χ2v) is 3.00. The van der Waals surface area contributed by atoms with E-state index in [1.165, 1.54) is 0 Å². The van der Waals surface area contributed by atoms with Gasteiger partial charge in [-0.15, -0.1) is 0 Å². The van der Waals surface area contributed by atoms with Crippen molar-refractivity contribution in [1.29, 1.82) is 0 Å². The summed E-state index contributed by atoms with van der Waals surface area (Å²) in [6.07, 6.45) is 1.68. The minimum Gasteiger partial charge on any atom is -0.371 e. The van der Waals surface area contributed by atoms with Crippen molar-refractivity contribution in [3.63, 3.8) is 0 Å². The van der Waals surface area contributed by atoms with E-state index in [2.05, 4.69) is 4.98 Å². The molecule has 3 nitrogen and oxygen atoms in total. The number of ether oxygens (including phenoxy) is 1. The molecule has 1 rings (SSSR count). The summed E-state index contributed by atoms with van der Waals surface area (Å²) in [5.41, 5.74) is 0.461. The molecule has 1 aromatic rings. The van der Waals surface area contributed by atoms with Gasteiger partial charge in [0.15, 0.2) is 0 Å². The Labute approximate surface area is 77.8 Å². The lowest BCUT2D eigenvalue weighted by molar-refractivity contribution is 0.0580. The number of pyridine rings is 1. The summed E-state index contributed by atoms with van der Waals surface area (Å²) in [6, 6.07) is 5.25. The van der Waals surface area contributed by atoms with Crippen LogP contribution in [0.4, 0.5) is 0 Å². The lowest BCUT2D eigenvalue weighted by atomic mass is 10.2. The second-order valence-electron chi connectivity index (χ2n) is 3.00. The van der Waals surface area contributed by atoms with Gasteiger partial charge in [-0.3, -0.25) is 9.78 Å². The normalized spacial score (nSPS) is 10.4. The van der Waals surface area contributed by atoms with Crippen LogP contribution in [0.5, 0.6) is 0 Å². The molecule has 0 spiro atoms. The number of hydrogen-bond donors (Lipinski definition) is 0. The molecule has 0 N–H and O–H groups in total. The van der Waals surface area contributed by atoms with E-state index in [0.717, 1.165) is 0 Å². The van der Waals surface area contributed by atoms with Crippen LogP contribution in [-0.4, -0.2) is 23.5 Å². The first-order chi connectivity index (χ1) is 6.20. The number of nitrogens with zero attached hydrogens (tertiary/aromatic N) is 1. The van der Waals surface area contributed by atoms with Gasteiger partial charge in [-0.2, -0.15) is 0 Å². The maximum Gasteiger partial charge on any atom is 0.206 e. The molecule has 70 valence electrons. The van der Waals surface area contributed by atoms with Crippen LogP contribution in [-0.2, 0) is 4.74 Å². The van der Waals surface area contributed by atoms with Crippen LogP contribution in [0.3, 0.4) is 0 Å². The van der Waals surface area contributed by atoms with Crippen molar-refractivity contribution in [2.24, 2.45) is 0 Å². The van der Waals surface area contributed by atoms with Crippen molar-refractivity contribution in [3.8, 4) is 0 Å². The largest absolute Gasteiger partial charge is 0.371 e. The van der Waals surface area contributed by atoms with E-state index in [4.69, 9.17) is 4.74 Å². The summed E-state index contributed by atoms with van der Waals surface area (Å²) in [7, 11) is 0. The Bertz CT molecular complexity index is 270.